The van der Waals surface area contributed by atoms with E-state index in [1.165, 1.54) is 18.4 Å². The van der Waals surface area contributed by atoms with Crippen molar-refractivity contribution in [1.82, 2.24) is 0 Å². The van der Waals surface area contributed by atoms with Crippen molar-refractivity contribution < 1.29 is 4.39 Å². The van der Waals surface area contributed by atoms with Crippen LogP contribution in [0.4, 0.5) is 4.39 Å². The molecule has 1 rings (SSSR count). The van der Waals surface area contributed by atoms with Crippen LogP contribution in [-0.4, -0.2) is 6.67 Å². The first-order valence-electron chi connectivity index (χ1n) is 5.25. The summed E-state index contributed by atoms with van der Waals surface area (Å²) in [4.78, 5) is 0. The predicted molar refractivity (Wildman–Crippen MR) is 59.1 cm³/mol. The minimum Gasteiger partial charge on any atom is -0.250 e. The monoisotopic (exact) mass is 193 g/mol. The fourth-order valence-corrected chi connectivity index (χ4v) is 1.47. The molecule has 0 heterocycles. The Morgan fingerprint density at radius 1 is 1.43 bits per heavy atom. The van der Waals surface area contributed by atoms with Crippen molar-refractivity contribution in [2.45, 2.75) is 32.1 Å². The zero-order chi connectivity index (χ0) is 10.4. The van der Waals surface area contributed by atoms with Crippen LogP contribution in [0.25, 0.3) is 0 Å². The highest BCUT2D eigenvalue weighted by Crippen LogP contribution is 2.17. The molecule has 1 atom stereocenters. The van der Waals surface area contributed by atoms with Gasteiger partial charge in [-0.1, -0.05) is 37.6 Å². The minimum atomic E-state index is -0.378. The summed E-state index contributed by atoms with van der Waals surface area (Å²) in [5.41, 5.74) is 2.31. The smallest absolute Gasteiger partial charge is 0.0962 e. The molecule has 77 valence electrons. The Labute approximate surface area is 86.2 Å². The van der Waals surface area contributed by atoms with Gasteiger partial charge in [0.15, 0.2) is 0 Å². The van der Waals surface area contributed by atoms with Gasteiger partial charge in [0.25, 0.3) is 0 Å². The van der Waals surface area contributed by atoms with Crippen LogP contribution in [0.2, 0.25) is 0 Å². The quantitative estimate of drug-likeness (QED) is 0.665. The molecule has 0 saturated carbocycles. The van der Waals surface area contributed by atoms with E-state index < -0.39 is 0 Å². The number of aryl methyl sites for hydroxylation is 1. The van der Waals surface area contributed by atoms with E-state index in [2.05, 4.69) is 26.0 Å². The molecule has 0 nitrogen and oxygen atoms in total. The van der Waals surface area contributed by atoms with Crippen LogP contribution in [0, 0.1) is 6.92 Å². The Hall–Kier alpha value is -0.850. The van der Waals surface area contributed by atoms with Crippen molar-refractivity contribution in [3.63, 3.8) is 0 Å². The maximum Gasteiger partial charge on any atom is 0.0962 e. The van der Waals surface area contributed by atoms with Gasteiger partial charge in [0.2, 0.25) is 0 Å². The summed E-state index contributed by atoms with van der Waals surface area (Å²) in [6.45, 7) is 5.57. The first-order chi connectivity index (χ1) is 6.77. The summed E-state index contributed by atoms with van der Waals surface area (Å²) in [6.07, 6.45) is 3.48. The molecule has 0 aliphatic rings. The van der Waals surface area contributed by atoms with Gasteiger partial charge in [-0.3, -0.25) is 4.39 Å². The van der Waals surface area contributed by atoms with Gasteiger partial charge in [0, 0.05) is 5.92 Å². The molecule has 0 aliphatic heterocycles. The average Bonchev–Trinajstić information content (AvgIpc) is 2.25. The van der Waals surface area contributed by atoms with Gasteiger partial charge in [0.1, 0.15) is 0 Å². The van der Waals surface area contributed by atoms with Gasteiger partial charge in [-0.25, -0.2) is 0 Å². The summed E-state index contributed by atoms with van der Waals surface area (Å²) in [7, 11) is 0. The molecule has 1 aromatic carbocycles. The van der Waals surface area contributed by atoms with Crippen molar-refractivity contribution in [3.05, 3.63) is 42.3 Å². The standard InChI is InChI=1S/C13H18F/c1-3-4-6-12-7-5-8-13(9-12)11(2)10-14/h5,7-9,11H,2-4,6,10H2,1H3. The Balaban J connectivity index is 2.68. The minimum absolute atomic E-state index is 0.212. The first-order valence-corrected chi connectivity index (χ1v) is 5.25. The second-order valence-corrected chi connectivity index (χ2v) is 3.70. The highest BCUT2D eigenvalue weighted by molar-refractivity contribution is 5.27. The molecule has 0 bridgehead atoms. The maximum atomic E-state index is 12.4. The molecule has 1 heteroatoms. The van der Waals surface area contributed by atoms with Gasteiger partial charge in [0.05, 0.1) is 6.67 Å². The van der Waals surface area contributed by atoms with Crippen molar-refractivity contribution in [1.29, 1.82) is 0 Å². The number of hydrogen-bond acceptors (Lipinski definition) is 0. The van der Waals surface area contributed by atoms with Crippen LogP contribution in [0.5, 0.6) is 0 Å². The molecule has 0 spiro atoms. The lowest BCUT2D eigenvalue weighted by Crippen LogP contribution is -1.97. The zero-order valence-corrected chi connectivity index (χ0v) is 8.80. The highest BCUT2D eigenvalue weighted by atomic mass is 19.1. The van der Waals surface area contributed by atoms with Gasteiger partial charge < -0.3 is 0 Å². The summed E-state index contributed by atoms with van der Waals surface area (Å²) in [5.74, 6) is -0.212. The normalized spacial score (nSPS) is 12.8. The van der Waals surface area contributed by atoms with E-state index in [9.17, 15) is 4.39 Å². The number of halogens is 1. The van der Waals surface area contributed by atoms with Gasteiger partial charge in [-0.2, -0.15) is 0 Å². The highest BCUT2D eigenvalue weighted by Gasteiger charge is 2.04. The van der Waals surface area contributed by atoms with Crippen molar-refractivity contribution >= 4 is 0 Å². The van der Waals surface area contributed by atoms with Crippen molar-refractivity contribution in [2.24, 2.45) is 0 Å². The van der Waals surface area contributed by atoms with E-state index in [4.69, 9.17) is 0 Å². The number of rotatable bonds is 5. The molecule has 14 heavy (non-hydrogen) atoms. The number of alkyl halides is 1. The third kappa shape index (κ3) is 3.13. The van der Waals surface area contributed by atoms with E-state index in [1.807, 2.05) is 12.1 Å². The molecule has 1 radical (unpaired) electrons. The van der Waals surface area contributed by atoms with Crippen molar-refractivity contribution in [2.75, 3.05) is 6.67 Å². The summed E-state index contributed by atoms with van der Waals surface area (Å²) >= 11 is 0. The molecule has 1 aromatic rings. The number of unbranched alkanes of at least 4 members (excludes halogenated alkanes) is 1. The predicted octanol–water partition coefficient (Wildman–Crippen LogP) is 3.92. The molecule has 0 amide bonds. The molecule has 0 aliphatic carbocycles. The van der Waals surface area contributed by atoms with Crippen LogP contribution >= 0.6 is 0 Å². The molecular formula is C13H18F. The fourth-order valence-electron chi connectivity index (χ4n) is 1.47. The van der Waals surface area contributed by atoms with Crippen LogP contribution in [-0.2, 0) is 6.42 Å². The molecule has 1 unspecified atom stereocenters. The lowest BCUT2D eigenvalue weighted by molar-refractivity contribution is 0.465. The second-order valence-electron chi connectivity index (χ2n) is 3.70. The molecule has 0 N–H and O–H groups in total. The summed E-state index contributed by atoms with van der Waals surface area (Å²) < 4.78 is 12.4. The number of benzene rings is 1. The Bertz CT molecular complexity index is 268. The van der Waals surface area contributed by atoms with Crippen LogP contribution in [0.1, 0.15) is 36.8 Å². The number of hydrogen-bond donors (Lipinski definition) is 0. The Kier molecular flexibility index (Phi) is 4.64. The third-order valence-corrected chi connectivity index (χ3v) is 2.43. The van der Waals surface area contributed by atoms with E-state index >= 15 is 0 Å². The SMILES string of the molecule is [CH2]C(CF)c1cccc(CCCC)c1. The topological polar surface area (TPSA) is 0 Å². The lowest BCUT2D eigenvalue weighted by atomic mass is 9.98. The van der Waals surface area contributed by atoms with Gasteiger partial charge in [-0.05, 0) is 30.9 Å². The second kappa shape index (κ2) is 5.79. The Morgan fingerprint density at radius 2 is 2.21 bits per heavy atom. The van der Waals surface area contributed by atoms with Crippen LogP contribution < -0.4 is 0 Å². The molecule has 0 aromatic heterocycles. The summed E-state index contributed by atoms with van der Waals surface area (Å²) in [5, 5.41) is 0. The maximum absolute atomic E-state index is 12.4. The average molecular weight is 193 g/mol. The van der Waals surface area contributed by atoms with Gasteiger partial charge in [-0.15, -0.1) is 0 Å². The Morgan fingerprint density at radius 3 is 2.86 bits per heavy atom. The zero-order valence-electron chi connectivity index (χ0n) is 8.80. The fraction of sp³-hybridized carbons (Fsp3) is 0.462. The van der Waals surface area contributed by atoms with Crippen molar-refractivity contribution in [3.8, 4) is 0 Å². The molecular weight excluding hydrogens is 175 g/mol. The molecule has 0 fully saturated rings. The van der Waals surface area contributed by atoms with Crippen LogP contribution in [0.15, 0.2) is 24.3 Å². The van der Waals surface area contributed by atoms with Gasteiger partial charge >= 0.3 is 0 Å². The lowest BCUT2D eigenvalue weighted by Gasteiger charge is -2.08. The van der Waals surface area contributed by atoms with E-state index in [0.717, 1.165) is 12.0 Å². The summed E-state index contributed by atoms with van der Waals surface area (Å²) in [6, 6.07) is 8.12. The van der Waals surface area contributed by atoms with E-state index in [0.29, 0.717) is 0 Å². The van der Waals surface area contributed by atoms with E-state index in [-0.39, 0.29) is 12.6 Å². The third-order valence-electron chi connectivity index (χ3n) is 2.43. The molecule has 0 saturated heterocycles. The van der Waals surface area contributed by atoms with E-state index in [1.54, 1.807) is 0 Å². The first kappa shape index (κ1) is 11.2. The van der Waals surface area contributed by atoms with Crippen LogP contribution in [0.3, 0.4) is 0 Å². The largest absolute Gasteiger partial charge is 0.250 e.